The molecule has 22 aromatic rings. The first-order valence-electron chi connectivity index (χ1n) is 37.9. The lowest BCUT2D eigenvalue weighted by Crippen LogP contribution is -2.06. The van der Waals surface area contributed by atoms with E-state index in [4.69, 9.17) is 24.9 Å². The van der Waals surface area contributed by atoms with Crippen LogP contribution in [0.4, 0.5) is 0 Å². The molecule has 0 radical (unpaired) electrons. The minimum Gasteiger partial charge on any atom is -0.309 e. The van der Waals surface area contributed by atoms with Crippen LogP contribution in [0.5, 0.6) is 0 Å². The van der Waals surface area contributed by atoms with Gasteiger partial charge < -0.3 is 9.13 Å². The summed E-state index contributed by atoms with van der Waals surface area (Å²) in [5, 5.41) is 9.52. The summed E-state index contributed by atoms with van der Waals surface area (Å²) in [6.45, 7) is 0. The maximum atomic E-state index is 5.21. The van der Waals surface area contributed by atoms with E-state index < -0.39 is 0 Å². The van der Waals surface area contributed by atoms with Crippen LogP contribution in [0.1, 0.15) is 0 Å². The Morgan fingerprint density at radius 1 is 0.143 bits per heavy atom. The lowest BCUT2D eigenvalue weighted by Gasteiger charge is -2.12. The lowest BCUT2D eigenvalue weighted by molar-refractivity contribution is 0.953. The summed E-state index contributed by atoms with van der Waals surface area (Å²) in [5.41, 5.74) is 26.5. The van der Waals surface area contributed by atoms with E-state index in [9.17, 15) is 0 Å². The summed E-state index contributed by atoms with van der Waals surface area (Å²) in [6.07, 6.45) is 0. The largest absolute Gasteiger partial charge is 0.309 e. The Morgan fingerprint density at radius 3 is 0.696 bits per heavy atom. The lowest BCUT2D eigenvalue weighted by atomic mass is 10.0. The molecule has 16 aromatic carbocycles. The van der Waals surface area contributed by atoms with E-state index in [-0.39, 0.29) is 0 Å². The molecule has 0 fully saturated rings. The highest BCUT2D eigenvalue weighted by Crippen LogP contribution is 2.43. The van der Waals surface area contributed by atoms with Crippen molar-refractivity contribution < 1.29 is 0 Å². The van der Waals surface area contributed by atoms with E-state index in [0.717, 1.165) is 105 Å². The molecule has 6 heterocycles. The molecule has 0 atom stereocenters. The molecular formula is C103H67N9. The summed E-state index contributed by atoms with van der Waals surface area (Å²) in [6, 6.07) is 144. The number of benzene rings is 16. The third-order valence-corrected chi connectivity index (χ3v) is 21.8. The first-order chi connectivity index (χ1) is 55.5. The maximum Gasteiger partial charge on any atom is 0.238 e. The number of hydrogen-bond donors (Lipinski definition) is 0. The highest BCUT2D eigenvalue weighted by molar-refractivity contribution is 6.15. The van der Waals surface area contributed by atoms with E-state index >= 15 is 0 Å². The van der Waals surface area contributed by atoms with Crippen LogP contribution in [0.25, 0.3) is 200 Å². The van der Waals surface area contributed by atoms with Crippen molar-refractivity contribution in [1.29, 1.82) is 0 Å². The fourth-order valence-corrected chi connectivity index (χ4v) is 16.4. The van der Waals surface area contributed by atoms with Crippen molar-refractivity contribution in [1.82, 2.24) is 43.2 Å². The molecule has 0 aliphatic carbocycles. The summed E-state index contributed by atoms with van der Waals surface area (Å²) in [4.78, 5) is 25.6. The number of rotatable bonds is 12. The van der Waals surface area contributed by atoms with Crippen molar-refractivity contribution in [3.63, 3.8) is 0 Å². The van der Waals surface area contributed by atoms with Gasteiger partial charge in [0.05, 0.1) is 55.5 Å². The van der Waals surface area contributed by atoms with E-state index in [1.807, 2.05) is 72.8 Å². The van der Waals surface area contributed by atoms with Crippen LogP contribution in [0, 0.1) is 0 Å². The van der Waals surface area contributed by atoms with Gasteiger partial charge in [-0.1, -0.05) is 303 Å². The molecule has 0 unspecified atom stereocenters. The van der Waals surface area contributed by atoms with Gasteiger partial charge >= 0.3 is 0 Å². The fourth-order valence-electron chi connectivity index (χ4n) is 16.4. The average molecular weight is 1430 g/mol. The Bertz CT molecular complexity index is 6760. The Hall–Kier alpha value is -15.2. The first-order valence-corrected chi connectivity index (χ1v) is 37.9. The monoisotopic (exact) mass is 1430 g/mol. The molecule has 0 aliphatic heterocycles. The second-order valence-electron chi connectivity index (χ2n) is 28.3. The normalized spacial score (nSPS) is 11.6. The molecule has 22 rings (SSSR count). The van der Waals surface area contributed by atoms with Gasteiger partial charge in [-0.15, -0.1) is 0 Å². The van der Waals surface area contributed by atoms with Crippen molar-refractivity contribution in [3.8, 4) is 113 Å². The smallest absolute Gasteiger partial charge is 0.238 e. The van der Waals surface area contributed by atoms with Crippen LogP contribution in [0.15, 0.2) is 406 Å². The summed E-state index contributed by atoms with van der Waals surface area (Å²) in [7, 11) is 0. The SMILES string of the molecule is c1ccc(-c2ccc(-n3c4ccccc4c4cc(-c5ccc6c(c5)c5ccccc5n6-c5nc(-c6ccccc6)cc(-c6ccccc6)n5)ccc43)cc2)cc1.c1ccc(-c2ccc(-n3c4ccccc4c4cc(-c5ccc6c(c5)c5ccccc5n6-c5nc(-c6ccccc6)nc(-c6ccccc6)n5)ccc43)cc2)cc1. The number of hydrogen-bond acceptors (Lipinski definition) is 5. The van der Waals surface area contributed by atoms with Crippen LogP contribution in [-0.4, -0.2) is 43.2 Å². The summed E-state index contributed by atoms with van der Waals surface area (Å²) >= 11 is 0. The third kappa shape index (κ3) is 11.5. The first kappa shape index (κ1) is 65.1. The van der Waals surface area contributed by atoms with Crippen LogP contribution in [-0.2, 0) is 0 Å². The van der Waals surface area contributed by atoms with Gasteiger partial charge in [0.2, 0.25) is 11.9 Å². The zero-order chi connectivity index (χ0) is 74.0. The van der Waals surface area contributed by atoms with Crippen LogP contribution < -0.4 is 0 Å². The molecule has 0 aliphatic rings. The van der Waals surface area contributed by atoms with Gasteiger partial charge in [0.25, 0.3) is 0 Å². The topological polar surface area (TPSA) is 84.2 Å². The predicted molar refractivity (Wildman–Crippen MR) is 463 cm³/mol. The molecule has 0 saturated heterocycles. The van der Waals surface area contributed by atoms with Crippen molar-refractivity contribution in [2.75, 3.05) is 0 Å². The Morgan fingerprint density at radius 2 is 0.375 bits per heavy atom. The van der Waals surface area contributed by atoms with Crippen molar-refractivity contribution in [2.45, 2.75) is 0 Å². The van der Waals surface area contributed by atoms with E-state index in [2.05, 4.69) is 352 Å². The summed E-state index contributed by atoms with van der Waals surface area (Å²) in [5.74, 6) is 2.51. The zero-order valence-corrected chi connectivity index (χ0v) is 60.7. The fraction of sp³-hybridized carbons (Fsp3) is 0. The molecule has 0 spiro atoms. The Balaban J connectivity index is 0.000000141. The standard InChI is InChI=1S/C52H34N4.C51H33N5/c1-4-14-35(15-5-1)36-24-28-41(29-25-36)55-48-22-12-10-20-42(48)44-32-39(26-30-50(44)55)40-27-31-51-45(33-40)43-21-11-13-23-49(43)56(51)52-53-46(37-16-6-2-7-17-37)34-47(54-52)38-18-8-3-9-19-38;1-4-14-34(15-5-1)35-24-28-40(29-25-35)55-45-22-12-10-20-41(45)43-32-38(26-30-47(43)55)39-27-31-48-44(33-39)42-21-11-13-23-46(42)56(48)51-53-49(36-16-6-2-7-17-36)52-50(54-51)37-18-8-3-9-19-37/h1-34H;1-33H. The second-order valence-corrected chi connectivity index (χ2v) is 28.3. The average Bonchev–Trinajstić information content (AvgIpc) is 1.59. The number of fused-ring (bicyclic) bond motifs is 12. The molecule has 0 saturated carbocycles. The third-order valence-electron chi connectivity index (χ3n) is 21.8. The second kappa shape index (κ2) is 27.5. The van der Waals surface area contributed by atoms with Crippen LogP contribution in [0.3, 0.4) is 0 Å². The highest BCUT2D eigenvalue weighted by atomic mass is 15.2. The quantitative estimate of drug-likeness (QED) is 0.122. The Labute approximate surface area is 645 Å². The number of aromatic nitrogens is 9. The molecule has 0 amide bonds. The van der Waals surface area contributed by atoms with Crippen LogP contribution in [0.2, 0.25) is 0 Å². The summed E-state index contributed by atoms with van der Waals surface area (Å²) < 4.78 is 9.15. The minimum atomic E-state index is 0.586. The van der Waals surface area contributed by atoms with Gasteiger partial charge in [-0.2, -0.15) is 9.97 Å². The maximum absolute atomic E-state index is 5.21. The van der Waals surface area contributed by atoms with E-state index in [0.29, 0.717) is 23.5 Å². The number of nitrogens with zero attached hydrogens (tertiary/aromatic N) is 9. The van der Waals surface area contributed by atoms with Gasteiger partial charge in [-0.25, -0.2) is 15.0 Å². The molecule has 0 bridgehead atoms. The van der Waals surface area contributed by atoms with Crippen molar-refractivity contribution in [2.24, 2.45) is 0 Å². The van der Waals surface area contributed by atoms with Gasteiger partial charge in [0.1, 0.15) is 0 Å². The Kier molecular flexibility index (Phi) is 16.0. The van der Waals surface area contributed by atoms with Gasteiger partial charge in [-0.3, -0.25) is 9.13 Å². The van der Waals surface area contributed by atoms with Crippen LogP contribution >= 0.6 is 0 Å². The molecule has 524 valence electrons. The zero-order valence-electron chi connectivity index (χ0n) is 60.7. The molecule has 9 heteroatoms. The molecule has 112 heavy (non-hydrogen) atoms. The minimum absolute atomic E-state index is 0.586. The van der Waals surface area contributed by atoms with Crippen molar-refractivity contribution >= 4 is 87.2 Å². The van der Waals surface area contributed by atoms with Gasteiger partial charge in [-0.05, 0) is 148 Å². The molecule has 0 N–H and O–H groups in total. The van der Waals surface area contributed by atoms with Gasteiger partial charge in [0.15, 0.2) is 11.6 Å². The predicted octanol–water partition coefficient (Wildman–Crippen LogP) is 26.1. The molecular weight excluding hydrogens is 1360 g/mol. The van der Waals surface area contributed by atoms with Gasteiger partial charge in [0, 0.05) is 76.7 Å². The molecule has 9 nitrogen and oxygen atoms in total. The van der Waals surface area contributed by atoms with Crippen molar-refractivity contribution in [3.05, 3.63) is 406 Å². The number of para-hydroxylation sites is 4. The van der Waals surface area contributed by atoms with E-state index in [1.165, 1.54) is 71.4 Å². The van der Waals surface area contributed by atoms with E-state index in [1.54, 1.807) is 0 Å². The highest BCUT2D eigenvalue weighted by Gasteiger charge is 2.23. The molecule has 6 aromatic heterocycles.